The smallest absolute Gasteiger partial charge is 0.316 e. The second kappa shape index (κ2) is 9.74. The number of sulfonamides is 1. The van der Waals surface area contributed by atoms with E-state index in [1.165, 1.54) is 52.7 Å². The number of hydrogen-bond donors (Lipinski definition) is 3. The molecule has 10 nitrogen and oxygen atoms in total. The van der Waals surface area contributed by atoms with E-state index in [0.29, 0.717) is 28.6 Å². The first-order chi connectivity index (χ1) is 14.2. The van der Waals surface area contributed by atoms with Gasteiger partial charge in [-0.1, -0.05) is 0 Å². The van der Waals surface area contributed by atoms with Gasteiger partial charge in [0.15, 0.2) is 0 Å². The van der Waals surface area contributed by atoms with Crippen LogP contribution in [-0.4, -0.2) is 42.9 Å². The van der Waals surface area contributed by atoms with E-state index in [2.05, 4.69) is 10.0 Å². The molecule has 0 aliphatic heterocycles. The van der Waals surface area contributed by atoms with Crippen molar-refractivity contribution in [2.45, 2.75) is 0 Å². The Balaban J connectivity index is 2.34. The van der Waals surface area contributed by atoms with Crippen molar-refractivity contribution in [2.75, 3.05) is 38.5 Å². The number of ether oxygens (including phenoxy) is 4. The molecule has 2 rings (SSSR count). The fourth-order valence-electron chi connectivity index (χ4n) is 2.55. The third-order valence-electron chi connectivity index (χ3n) is 3.88. The molecule has 162 valence electrons. The van der Waals surface area contributed by atoms with Crippen LogP contribution in [0.4, 0.5) is 16.2 Å². The summed E-state index contributed by atoms with van der Waals surface area (Å²) in [5, 5.41) is 3.33. The van der Waals surface area contributed by atoms with Gasteiger partial charge in [0.25, 0.3) is 10.0 Å². The highest BCUT2D eigenvalue weighted by Crippen LogP contribution is 2.35. The maximum Gasteiger partial charge on any atom is 0.316 e. The minimum absolute atomic E-state index is 0.192. The Morgan fingerprint density at radius 3 is 2.03 bits per heavy atom. The van der Waals surface area contributed by atoms with Crippen LogP contribution in [0.5, 0.6) is 23.0 Å². The molecule has 0 heterocycles. The third kappa shape index (κ3) is 5.70. The topological polar surface area (TPSA) is 138 Å². The molecule has 30 heavy (non-hydrogen) atoms. The number of methoxy groups -OCH3 is 4. The maximum absolute atomic E-state index is 12.5. The van der Waals surface area contributed by atoms with Crippen molar-refractivity contribution in [3.05, 3.63) is 41.3 Å². The summed E-state index contributed by atoms with van der Waals surface area (Å²) in [5.41, 5.74) is 5.95. The number of amides is 2. The van der Waals surface area contributed by atoms with Gasteiger partial charge in [-0.05, 0) is 24.3 Å². The molecule has 0 atom stereocenters. The minimum Gasteiger partial charge on any atom is -0.496 e. The molecule has 0 unspecified atom stereocenters. The SMILES string of the molecule is COc1cc(OC)c(/C=C/S(=O)(=O)Nc2ccc(OC)c(NC(N)=O)c2)c(OC)c1. The number of primary amides is 1. The molecule has 0 bridgehead atoms. The van der Waals surface area contributed by atoms with Gasteiger partial charge in [-0.25, -0.2) is 13.2 Å². The monoisotopic (exact) mass is 437 g/mol. The van der Waals surface area contributed by atoms with Gasteiger partial charge in [0.05, 0.1) is 50.8 Å². The molecule has 0 aromatic heterocycles. The average molecular weight is 437 g/mol. The van der Waals surface area contributed by atoms with Crippen LogP contribution < -0.4 is 34.7 Å². The summed E-state index contributed by atoms with van der Waals surface area (Å²) in [6.45, 7) is 0. The molecule has 2 amide bonds. The third-order valence-corrected chi connectivity index (χ3v) is 4.90. The highest BCUT2D eigenvalue weighted by Gasteiger charge is 2.14. The van der Waals surface area contributed by atoms with Crippen LogP contribution in [0, 0.1) is 0 Å². The number of carbonyl (C=O) groups is 1. The molecule has 0 saturated carbocycles. The zero-order valence-electron chi connectivity index (χ0n) is 16.9. The summed E-state index contributed by atoms with van der Waals surface area (Å²) in [5.74, 6) is 1.56. The Morgan fingerprint density at radius 1 is 0.933 bits per heavy atom. The average Bonchev–Trinajstić information content (AvgIpc) is 2.71. The summed E-state index contributed by atoms with van der Waals surface area (Å²) in [6.07, 6.45) is 1.34. The molecule has 4 N–H and O–H groups in total. The number of urea groups is 1. The van der Waals surface area contributed by atoms with E-state index in [1.54, 1.807) is 12.1 Å². The summed E-state index contributed by atoms with van der Waals surface area (Å²) in [7, 11) is 1.87. The molecule has 0 aliphatic carbocycles. The molecule has 2 aromatic rings. The Labute approximate surface area is 174 Å². The number of anilines is 2. The fourth-order valence-corrected chi connectivity index (χ4v) is 3.39. The van der Waals surface area contributed by atoms with Crippen LogP contribution in [0.2, 0.25) is 0 Å². The van der Waals surface area contributed by atoms with Gasteiger partial charge in [0.1, 0.15) is 23.0 Å². The van der Waals surface area contributed by atoms with Gasteiger partial charge >= 0.3 is 6.03 Å². The van der Waals surface area contributed by atoms with E-state index in [9.17, 15) is 13.2 Å². The first-order valence-corrected chi connectivity index (χ1v) is 10.0. The number of carbonyl (C=O) groups excluding carboxylic acids is 1. The predicted octanol–water partition coefficient (Wildman–Crippen LogP) is 2.62. The van der Waals surface area contributed by atoms with Crippen LogP contribution in [0.25, 0.3) is 6.08 Å². The van der Waals surface area contributed by atoms with Crippen LogP contribution in [0.3, 0.4) is 0 Å². The lowest BCUT2D eigenvalue weighted by Crippen LogP contribution is -2.20. The van der Waals surface area contributed by atoms with Crippen LogP contribution >= 0.6 is 0 Å². The minimum atomic E-state index is -3.92. The highest BCUT2D eigenvalue weighted by molar-refractivity contribution is 7.95. The van der Waals surface area contributed by atoms with Crippen LogP contribution in [-0.2, 0) is 10.0 Å². The van der Waals surface area contributed by atoms with E-state index in [1.807, 2.05) is 0 Å². The van der Waals surface area contributed by atoms with Gasteiger partial charge in [0, 0.05) is 12.1 Å². The molecule has 0 radical (unpaired) electrons. The zero-order valence-corrected chi connectivity index (χ0v) is 17.7. The molecule has 0 spiro atoms. The normalized spacial score (nSPS) is 11.1. The van der Waals surface area contributed by atoms with E-state index in [-0.39, 0.29) is 11.4 Å². The standard InChI is InChI=1S/C19H23N3O7S/c1-26-13-10-17(28-3)14(18(11-13)29-4)7-8-30(24,25)22-12-5-6-16(27-2)15(9-12)21-19(20)23/h5-11,22H,1-4H3,(H3,20,21,23)/b8-7+. The molecular weight excluding hydrogens is 414 g/mol. The van der Waals surface area contributed by atoms with Gasteiger partial charge in [0.2, 0.25) is 0 Å². The lowest BCUT2D eigenvalue weighted by atomic mass is 10.1. The summed E-state index contributed by atoms with van der Waals surface area (Å²) < 4.78 is 48.3. The zero-order chi connectivity index (χ0) is 22.3. The Kier molecular flexibility index (Phi) is 7.37. The van der Waals surface area contributed by atoms with Crippen molar-refractivity contribution in [3.8, 4) is 23.0 Å². The van der Waals surface area contributed by atoms with Crippen molar-refractivity contribution in [1.29, 1.82) is 0 Å². The van der Waals surface area contributed by atoms with Gasteiger partial charge in [-0.2, -0.15) is 0 Å². The quantitative estimate of drug-likeness (QED) is 0.548. The summed E-state index contributed by atoms with van der Waals surface area (Å²) in [4.78, 5) is 11.1. The molecule has 0 aliphatic rings. The fraction of sp³-hybridized carbons (Fsp3) is 0.211. The Bertz CT molecular complexity index is 1030. The Hall–Kier alpha value is -3.60. The molecule has 2 aromatic carbocycles. The second-order valence-corrected chi connectivity index (χ2v) is 7.37. The van der Waals surface area contributed by atoms with Gasteiger partial charge in [-0.3, -0.25) is 4.72 Å². The number of hydrogen-bond acceptors (Lipinski definition) is 7. The molecule has 11 heteroatoms. The van der Waals surface area contributed by atoms with Crippen molar-refractivity contribution in [3.63, 3.8) is 0 Å². The van der Waals surface area contributed by atoms with Gasteiger partial charge < -0.3 is 30.0 Å². The molecule has 0 fully saturated rings. The Morgan fingerprint density at radius 2 is 1.53 bits per heavy atom. The molecule has 0 saturated heterocycles. The number of benzene rings is 2. The van der Waals surface area contributed by atoms with Gasteiger partial charge in [-0.15, -0.1) is 0 Å². The van der Waals surface area contributed by atoms with E-state index in [0.717, 1.165) is 5.41 Å². The largest absolute Gasteiger partial charge is 0.496 e. The van der Waals surface area contributed by atoms with E-state index < -0.39 is 16.1 Å². The van der Waals surface area contributed by atoms with E-state index >= 15 is 0 Å². The highest BCUT2D eigenvalue weighted by atomic mass is 32.2. The summed E-state index contributed by atoms with van der Waals surface area (Å²) in [6, 6.07) is 6.74. The maximum atomic E-state index is 12.5. The number of nitrogens with one attached hydrogen (secondary N) is 2. The van der Waals surface area contributed by atoms with Crippen LogP contribution in [0.1, 0.15) is 5.56 Å². The van der Waals surface area contributed by atoms with Crippen molar-refractivity contribution < 1.29 is 32.2 Å². The van der Waals surface area contributed by atoms with Crippen molar-refractivity contribution in [1.82, 2.24) is 0 Å². The first-order valence-electron chi connectivity index (χ1n) is 8.48. The van der Waals surface area contributed by atoms with Crippen LogP contribution in [0.15, 0.2) is 35.7 Å². The summed E-state index contributed by atoms with van der Waals surface area (Å²) >= 11 is 0. The second-order valence-electron chi connectivity index (χ2n) is 5.80. The number of nitrogens with two attached hydrogens (primary N) is 1. The first kappa shape index (κ1) is 22.7. The van der Waals surface area contributed by atoms with E-state index in [4.69, 9.17) is 24.7 Å². The van der Waals surface area contributed by atoms with Crippen molar-refractivity contribution >= 4 is 33.5 Å². The lowest BCUT2D eigenvalue weighted by molar-refractivity contribution is 0.259. The predicted molar refractivity (Wildman–Crippen MR) is 114 cm³/mol. The van der Waals surface area contributed by atoms with Crippen molar-refractivity contribution in [2.24, 2.45) is 5.73 Å². The number of rotatable bonds is 9. The molecular formula is C19H23N3O7S. The lowest BCUT2D eigenvalue weighted by Gasteiger charge is -2.13.